The molecule has 0 atom stereocenters. The standard InChI is InChI=1S/C24H28N4O5.C23H25FN4O4.C23H26N4O5/c1-14-20(21(28-33-14)15-8-6-5-7-9-15)22-19(23(29)32-4)13-25-24(27-22)26-16-10-17(30-2)12-18(11-16)31-3;1-13-19(20(28-32-13)14-7-5-4-6-8-14)21-18(22(24)29)12-25-23(27-21)26-15-9-16(30-2)11-17(10-15)31-3;1-13-19(20(27-32-13)14-7-5-4-6-8-14)21-18(22(28)29)12-24-23(26-21)25-15-9-16(30-2)11-17(10-15)31-3/h10-13,15H,5-9H2,1-4H3,(H,25,26,27);9-12,14H,4-8H2,1-3H3,(H,25,26,27);9-12,14H,4-8H2,1-3H3,(H,28,29)(H,24,25,26). The van der Waals surface area contributed by atoms with Gasteiger partial charge < -0.3 is 67.8 Å². The van der Waals surface area contributed by atoms with E-state index in [1.54, 1.807) is 111 Å². The second-order valence-corrected chi connectivity index (χ2v) is 23.6. The first-order valence-electron chi connectivity index (χ1n) is 32.1. The minimum atomic E-state index is -1.61. The molecule has 0 radical (unpaired) electrons. The number of aryl methyl sites for hydroxylation is 3. The van der Waals surface area contributed by atoms with Crippen molar-refractivity contribution in [3.05, 3.63) is 124 Å². The number of carboxylic acids is 1. The SMILES string of the molecule is COC(=O)c1cnc(Nc2cc(OC)cc(OC)c2)nc1-c1c(C2CCCCC2)noc1C.COc1cc(Nc2ncc(C(=O)F)c(-c3c(C4CCCCC4)noc3C)n2)cc(OC)c1.COc1cc(Nc2ncc(C(=O)O)c(-c3c(C4CCCCC4)noc3C)n2)cc(OC)c1. The molecule has 26 nitrogen and oxygen atoms in total. The van der Waals surface area contributed by atoms with Crippen LogP contribution >= 0.6 is 0 Å². The minimum absolute atomic E-state index is 0.00197. The number of methoxy groups -OCH3 is 7. The molecule has 4 N–H and O–H groups in total. The van der Waals surface area contributed by atoms with Crippen molar-refractivity contribution < 1.29 is 70.6 Å². The van der Waals surface area contributed by atoms with Crippen molar-refractivity contribution in [2.24, 2.45) is 0 Å². The molecule has 510 valence electrons. The number of hydrogen-bond acceptors (Lipinski definition) is 25. The van der Waals surface area contributed by atoms with Gasteiger partial charge in [0.15, 0.2) is 0 Å². The Morgan fingerprint density at radius 1 is 0.423 bits per heavy atom. The first kappa shape index (κ1) is 69.1. The van der Waals surface area contributed by atoms with Gasteiger partial charge in [0.2, 0.25) is 17.8 Å². The lowest BCUT2D eigenvalue weighted by molar-refractivity contribution is 0.0599. The largest absolute Gasteiger partial charge is 0.497 e. The molecule has 9 aromatic rings. The van der Waals surface area contributed by atoms with E-state index in [9.17, 15) is 23.9 Å². The van der Waals surface area contributed by atoms with Crippen LogP contribution in [0.4, 0.5) is 39.3 Å². The molecule has 0 spiro atoms. The van der Waals surface area contributed by atoms with Crippen molar-refractivity contribution in [1.29, 1.82) is 0 Å². The van der Waals surface area contributed by atoms with E-state index >= 15 is 0 Å². The summed E-state index contributed by atoms with van der Waals surface area (Å²) in [5, 5.41) is 32.1. The van der Waals surface area contributed by atoms with E-state index in [2.05, 4.69) is 56.3 Å². The van der Waals surface area contributed by atoms with Gasteiger partial charge in [-0.15, -0.1) is 0 Å². The molecule has 27 heteroatoms. The Bertz CT molecular complexity index is 3990. The summed E-state index contributed by atoms with van der Waals surface area (Å²) in [4.78, 5) is 62.7. The lowest BCUT2D eigenvalue weighted by Gasteiger charge is -2.20. The van der Waals surface area contributed by atoms with E-state index in [-0.39, 0.29) is 52.0 Å². The predicted octanol–water partition coefficient (Wildman–Crippen LogP) is 15.3. The fourth-order valence-electron chi connectivity index (χ4n) is 12.5. The highest BCUT2D eigenvalue weighted by Crippen LogP contribution is 2.44. The topological polar surface area (TPSA) is 328 Å². The molecule has 0 amide bonds. The summed E-state index contributed by atoms with van der Waals surface area (Å²) in [6.07, 6.45) is 20.3. The summed E-state index contributed by atoms with van der Waals surface area (Å²) in [5.41, 5.74) is 7.15. The van der Waals surface area contributed by atoms with Gasteiger partial charge in [-0.2, -0.15) is 4.39 Å². The number of hydrogen-bond donors (Lipinski definition) is 4. The van der Waals surface area contributed by atoms with Gasteiger partial charge in [0.25, 0.3) is 0 Å². The van der Waals surface area contributed by atoms with Crippen molar-refractivity contribution in [3.63, 3.8) is 0 Å². The highest BCUT2D eigenvalue weighted by molar-refractivity contribution is 5.98. The van der Waals surface area contributed by atoms with E-state index < -0.39 is 18.0 Å². The highest BCUT2D eigenvalue weighted by atomic mass is 19.1. The second kappa shape index (κ2) is 32.1. The van der Waals surface area contributed by atoms with Gasteiger partial charge in [0, 0.05) is 108 Å². The van der Waals surface area contributed by atoms with Crippen LogP contribution in [0.5, 0.6) is 34.5 Å². The summed E-state index contributed by atoms with van der Waals surface area (Å²) in [7, 11) is 10.7. The third-order valence-corrected chi connectivity index (χ3v) is 17.4. The Labute approximate surface area is 559 Å². The van der Waals surface area contributed by atoms with Gasteiger partial charge in [-0.3, -0.25) is 4.79 Å². The summed E-state index contributed by atoms with van der Waals surface area (Å²) in [5.74, 6) is 5.05. The first-order valence-corrected chi connectivity index (χ1v) is 32.1. The fraction of sp³-hybridized carbons (Fsp3) is 0.400. The molecule has 3 aliphatic carbocycles. The molecule has 6 aromatic heterocycles. The number of rotatable bonds is 21. The zero-order valence-electron chi connectivity index (χ0n) is 55.9. The van der Waals surface area contributed by atoms with Gasteiger partial charge >= 0.3 is 18.0 Å². The minimum Gasteiger partial charge on any atom is -0.497 e. The number of esters is 1. The van der Waals surface area contributed by atoms with Gasteiger partial charge in [-0.25, -0.2) is 39.5 Å². The first-order chi connectivity index (χ1) is 47.0. The fourth-order valence-corrected chi connectivity index (χ4v) is 12.5. The van der Waals surface area contributed by atoms with Crippen molar-refractivity contribution in [2.75, 3.05) is 65.7 Å². The van der Waals surface area contributed by atoms with E-state index in [4.69, 9.17) is 51.7 Å². The molecule has 0 unspecified atom stereocenters. The van der Waals surface area contributed by atoms with Gasteiger partial charge in [0.1, 0.15) is 62.9 Å². The Morgan fingerprint density at radius 2 is 0.701 bits per heavy atom. The maximum atomic E-state index is 13.9. The van der Waals surface area contributed by atoms with Crippen molar-refractivity contribution in [1.82, 2.24) is 45.4 Å². The van der Waals surface area contributed by atoms with Gasteiger partial charge in [-0.1, -0.05) is 73.3 Å². The average Bonchev–Trinajstić information content (AvgIpc) is 1.73. The number of carbonyl (C=O) groups is 3. The molecule has 0 bridgehead atoms. The summed E-state index contributed by atoms with van der Waals surface area (Å²) < 4.78 is 67.3. The van der Waals surface area contributed by atoms with E-state index in [0.29, 0.717) is 97.3 Å². The monoisotopic (exact) mass is 1330 g/mol. The maximum absolute atomic E-state index is 13.9. The van der Waals surface area contributed by atoms with Crippen molar-refractivity contribution >= 4 is 52.9 Å². The third kappa shape index (κ3) is 16.5. The number of aromatic carboxylic acids is 1. The zero-order valence-corrected chi connectivity index (χ0v) is 55.9. The molecule has 0 aliphatic heterocycles. The molecule has 3 aliphatic rings. The summed E-state index contributed by atoms with van der Waals surface area (Å²) >= 11 is 0. The van der Waals surface area contributed by atoms with Crippen LogP contribution in [0.1, 0.15) is 180 Å². The molecule has 97 heavy (non-hydrogen) atoms. The Balaban J connectivity index is 0.000000158. The van der Waals surface area contributed by atoms with Crippen LogP contribution in [0, 0.1) is 20.8 Å². The van der Waals surface area contributed by atoms with Crippen LogP contribution in [-0.4, -0.2) is 118 Å². The number of benzene rings is 3. The summed E-state index contributed by atoms with van der Waals surface area (Å²) in [6.45, 7) is 5.35. The number of halogens is 1. The number of nitrogens with zero attached hydrogens (tertiary/aromatic N) is 9. The van der Waals surface area contributed by atoms with Crippen LogP contribution in [0.2, 0.25) is 0 Å². The van der Waals surface area contributed by atoms with Crippen LogP contribution in [-0.2, 0) is 4.74 Å². The molecule has 0 saturated heterocycles. The lowest BCUT2D eigenvalue weighted by Crippen LogP contribution is -2.11. The molecular weight excluding hydrogens is 1250 g/mol. The number of nitrogens with one attached hydrogen (secondary N) is 3. The average molecular weight is 1330 g/mol. The molecule has 6 heterocycles. The summed E-state index contributed by atoms with van der Waals surface area (Å²) in [6, 6.07) is 14.3. The quantitative estimate of drug-likeness (QED) is 0.0383. The zero-order chi connectivity index (χ0) is 68.7. The highest BCUT2D eigenvalue weighted by Gasteiger charge is 2.33. The number of anilines is 6. The van der Waals surface area contributed by atoms with Crippen LogP contribution in [0.15, 0.2) is 86.8 Å². The normalized spacial score (nSPS) is 14.2. The molecular formula is C70H79FN12O14. The maximum Gasteiger partial charge on any atom is 0.341 e. The third-order valence-electron chi connectivity index (χ3n) is 17.4. The smallest absolute Gasteiger partial charge is 0.341 e. The van der Waals surface area contributed by atoms with Crippen LogP contribution < -0.4 is 44.4 Å². The van der Waals surface area contributed by atoms with Gasteiger partial charge in [0.05, 0.1) is 106 Å². The molecule has 3 fully saturated rings. The lowest BCUT2D eigenvalue weighted by atomic mass is 9.84. The molecule has 3 aromatic carbocycles. The van der Waals surface area contributed by atoms with E-state index in [1.807, 2.05) is 6.92 Å². The number of carbonyl (C=O) groups excluding carboxylic acids is 2. The number of ether oxygens (including phenoxy) is 7. The van der Waals surface area contributed by atoms with Crippen LogP contribution in [0.25, 0.3) is 33.8 Å². The van der Waals surface area contributed by atoms with Crippen LogP contribution in [0.3, 0.4) is 0 Å². The van der Waals surface area contributed by atoms with E-state index in [1.165, 1.54) is 45.0 Å². The Kier molecular flexibility index (Phi) is 22.9. The van der Waals surface area contributed by atoms with Gasteiger partial charge in [-0.05, 0) is 59.3 Å². The Morgan fingerprint density at radius 3 is 0.979 bits per heavy atom. The molecule has 3 saturated carbocycles. The second-order valence-electron chi connectivity index (χ2n) is 23.6. The Hall–Kier alpha value is -10.7. The number of aromatic nitrogens is 9. The van der Waals surface area contributed by atoms with Crippen molar-refractivity contribution in [3.8, 4) is 68.3 Å². The number of carboxylic acid groups (broad SMARTS) is 1. The van der Waals surface area contributed by atoms with E-state index in [0.717, 1.165) is 99.7 Å². The van der Waals surface area contributed by atoms with Crippen molar-refractivity contribution in [2.45, 2.75) is 135 Å². The predicted molar refractivity (Wildman–Crippen MR) is 356 cm³/mol. The molecule has 12 rings (SSSR count).